The van der Waals surface area contributed by atoms with Crippen LogP contribution in [0.3, 0.4) is 0 Å². The van der Waals surface area contributed by atoms with Gasteiger partial charge in [-0.05, 0) is 73.5 Å². The summed E-state index contributed by atoms with van der Waals surface area (Å²) in [5.74, 6) is 1.45. The Morgan fingerprint density at radius 3 is 2.33 bits per heavy atom. The van der Waals surface area contributed by atoms with Crippen LogP contribution < -0.4 is 0 Å². The average Bonchev–Trinajstić information content (AvgIpc) is 2.93. The molecule has 1 saturated carbocycles. The fourth-order valence-corrected chi connectivity index (χ4v) is 4.18. The molecular formula is C20H28O. The first kappa shape index (κ1) is 14.8. The maximum absolute atomic E-state index is 12.8. The van der Waals surface area contributed by atoms with E-state index in [1.165, 1.54) is 36.8 Å². The van der Waals surface area contributed by atoms with Gasteiger partial charge in [-0.3, -0.25) is 4.79 Å². The zero-order chi connectivity index (χ0) is 15.0. The molecule has 0 saturated heterocycles. The number of benzene rings is 1. The molecule has 2 aliphatic carbocycles. The third-order valence-corrected chi connectivity index (χ3v) is 5.71. The van der Waals surface area contributed by atoms with Gasteiger partial charge >= 0.3 is 0 Å². The molecule has 1 aromatic carbocycles. The van der Waals surface area contributed by atoms with Crippen LogP contribution in [-0.2, 0) is 12.8 Å². The Hall–Kier alpha value is -1.11. The summed E-state index contributed by atoms with van der Waals surface area (Å²) in [6.45, 7) is 7.00. The van der Waals surface area contributed by atoms with Crippen molar-refractivity contribution in [3.05, 3.63) is 34.9 Å². The number of ketones is 1. The van der Waals surface area contributed by atoms with Crippen LogP contribution in [0, 0.1) is 17.3 Å². The number of hydrogen-bond donors (Lipinski definition) is 0. The van der Waals surface area contributed by atoms with E-state index in [0.29, 0.717) is 11.2 Å². The lowest BCUT2D eigenvalue weighted by Gasteiger charge is -2.36. The molecule has 1 heteroatoms. The molecular weight excluding hydrogens is 256 g/mol. The van der Waals surface area contributed by atoms with Gasteiger partial charge in [-0.15, -0.1) is 0 Å². The smallest absolute Gasteiger partial charge is 0.165 e. The van der Waals surface area contributed by atoms with E-state index in [1.54, 1.807) is 0 Å². The maximum Gasteiger partial charge on any atom is 0.165 e. The van der Waals surface area contributed by atoms with Gasteiger partial charge in [-0.1, -0.05) is 32.9 Å². The SMILES string of the molecule is CC(C)(C)C1CCC(C(=O)c2ccc3c(c2)CCC3)CC1. The Labute approximate surface area is 129 Å². The molecule has 1 aromatic rings. The molecule has 0 aromatic heterocycles. The van der Waals surface area contributed by atoms with Gasteiger partial charge in [0.05, 0.1) is 0 Å². The van der Waals surface area contributed by atoms with E-state index in [0.717, 1.165) is 30.7 Å². The normalized spacial score (nSPS) is 25.7. The van der Waals surface area contributed by atoms with Gasteiger partial charge in [-0.2, -0.15) is 0 Å². The van der Waals surface area contributed by atoms with Crippen LogP contribution in [-0.4, -0.2) is 5.78 Å². The summed E-state index contributed by atoms with van der Waals surface area (Å²) in [4.78, 5) is 12.8. The minimum atomic E-state index is 0.267. The first-order valence-corrected chi connectivity index (χ1v) is 8.61. The van der Waals surface area contributed by atoms with Crippen molar-refractivity contribution < 1.29 is 4.79 Å². The lowest BCUT2D eigenvalue weighted by molar-refractivity contribution is 0.0819. The van der Waals surface area contributed by atoms with Crippen molar-refractivity contribution in [2.75, 3.05) is 0 Å². The van der Waals surface area contributed by atoms with Crippen LogP contribution in [0.4, 0.5) is 0 Å². The van der Waals surface area contributed by atoms with E-state index in [4.69, 9.17) is 0 Å². The van der Waals surface area contributed by atoms with Crippen LogP contribution in [0.1, 0.15) is 74.4 Å². The number of aryl methyl sites for hydroxylation is 2. The summed E-state index contributed by atoms with van der Waals surface area (Å²) in [5, 5.41) is 0. The fraction of sp³-hybridized carbons (Fsp3) is 0.650. The van der Waals surface area contributed by atoms with E-state index in [1.807, 2.05) is 0 Å². The Morgan fingerprint density at radius 2 is 1.67 bits per heavy atom. The zero-order valence-corrected chi connectivity index (χ0v) is 13.7. The predicted molar refractivity (Wildman–Crippen MR) is 87.7 cm³/mol. The Bertz CT molecular complexity index is 527. The third kappa shape index (κ3) is 3.07. The van der Waals surface area contributed by atoms with Crippen molar-refractivity contribution in [2.24, 2.45) is 17.3 Å². The van der Waals surface area contributed by atoms with E-state index < -0.39 is 0 Å². The lowest BCUT2D eigenvalue weighted by Crippen LogP contribution is -2.28. The first-order valence-electron chi connectivity index (χ1n) is 8.61. The highest BCUT2D eigenvalue weighted by molar-refractivity contribution is 5.98. The van der Waals surface area contributed by atoms with Gasteiger partial charge in [0.1, 0.15) is 0 Å². The number of Topliss-reactive ketones (excluding diaryl/α,β-unsaturated/α-hetero) is 1. The standard InChI is InChI=1S/C20H28O/c1-20(2,3)18-11-9-15(10-12-18)19(21)17-8-7-14-5-4-6-16(14)13-17/h7-8,13,15,18H,4-6,9-12H2,1-3H3. The molecule has 1 nitrogen and oxygen atoms in total. The van der Waals surface area contributed by atoms with Crippen molar-refractivity contribution in [1.29, 1.82) is 0 Å². The van der Waals surface area contributed by atoms with Crippen LogP contribution >= 0.6 is 0 Å². The highest BCUT2D eigenvalue weighted by Gasteiger charge is 2.32. The van der Waals surface area contributed by atoms with E-state index >= 15 is 0 Å². The molecule has 0 N–H and O–H groups in total. The van der Waals surface area contributed by atoms with Crippen molar-refractivity contribution in [3.63, 3.8) is 0 Å². The molecule has 0 spiro atoms. The summed E-state index contributed by atoms with van der Waals surface area (Å²) in [7, 11) is 0. The second-order valence-electron chi connectivity index (χ2n) is 8.12. The minimum absolute atomic E-state index is 0.267. The molecule has 0 heterocycles. The van der Waals surface area contributed by atoms with E-state index in [2.05, 4.69) is 39.0 Å². The number of hydrogen-bond acceptors (Lipinski definition) is 1. The highest BCUT2D eigenvalue weighted by Crippen LogP contribution is 2.40. The van der Waals surface area contributed by atoms with Crippen molar-refractivity contribution >= 4 is 5.78 Å². The topological polar surface area (TPSA) is 17.1 Å². The molecule has 114 valence electrons. The van der Waals surface area contributed by atoms with E-state index in [-0.39, 0.29) is 5.92 Å². The van der Waals surface area contributed by atoms with Gasteiger partial charge in [0.2, 0.25) is 0 Å². The van der Waals surface area contributed by atoms with Gasteiger partial charge in [0, 0.05) is 11.5 Å². The zero-order valence-electron chi connectivity index (χ0n) is 13.7. The first-order chi connectivity index (χ1) is 9.95. The number of fused-ring (bicyclic) bond motifs is 1. The second-order valence-corrected chi connectivity index (χ2v) is 8.12. The molecule has 0 bridgehead atoms. The number of rotatable bonds is 2. The van der Waals surface area contributed by atoms with Crippen LogP contribution in [0.5, 0.6) is 0 Å². The Morgan fingerprint density at radius 1 is 1.00 bits per heavy atom. The summed E-state index contributed by atoms with van der Waals surface area (Å²) < 4.78 is 0. The van der Waals surface area contributed by atoms with Gasteiger partial charge in [-0.25, -0.2) is 0 Å². The molecule has 2 aliphatic rings. The van der Waals surface area contributed by atoms with Crippen molar-refractivity contribution in [2.45, 2.75) is 65.7 Å². The quantitative estimate of drug-likeness (QED) is 0.681. The molecule has 1 fully saturated rings. The minimum Gasteiger partial charge on any atom is -0.294 e. The maximum atomic E-state index is 12.8. The van der Waals surface area contributed by atoms with Crippen LogP contribution in [0.15, 0.2) is 18.2 Å². The monoisotopic (exact) mass is 284 g/mol. The molecule has 0 amide bonds. The Balaban J connectivity index is 1.67. The molecule has 0 unspecified atom stereocenters. The Kier molecular flexibility index (Phi) is 3.94. The molecule has 0 aliphatic heterocycles. The van der Waals surface area contributed by atoms with Crippen LogP contribution in [0.25, 0.3) is 0 Å². The second kappa shape index (κ2) is 5.59. The largest absolute Gasteiger partial charge is 0.294 e. The fourth-order valence-electron chi connectivity index (χ4n) is 4.18. The summed E-state index contributed by atoms with van der Waals surface area (Å²) in [5.41, 5.74) is 4.24. The van der Waals surface area contributed by atoms with Crippen molar-refractivity contribution in [3.8, 4) is 0 Å². The predicted octanol–water partition coefficient (Wildman–Crippen LogP) is 5.21. The molecule has 3 rings (SSSR count). The number of carbonyl (C=O) groups excluding carboxylic acids is 1. The summed E-state index contributed by atoms with van der Waals surface area (Å²) in [6.07, 6.45) is 8.20. The van der Waals surface area contributed by atoms with E-state index in [9.17, 15) is 4.79 Å². The van der Waals surface area contributed by atoms with Crippen LogP contribution in [0.2, 0.25) is 0 Å². The van der Waals surface area contributed by atoms with Gasteiger partial charge in [0.15, 0.2) is 5.78 Å². The van der Waals surface area contributed by atoms with Gasteiger partial charge in [0.25, 0.3) is 0 Å². The van der Waals surface area contributed by atoms with Crippen molar-refractivity contribution in [1.82, 2.24) is 0 Å². The molecule has 0 radical (unpaired) electrons. The molecule has 0 atom stereocenters. The highest BCUT2D eigenvalue weighted by atomic mass is 16.1. The number of carbonyl (C=O) groups is 1. The summed E-state index contributed by atoms with van der Waals surface area (Å²) >= 11 is 0. The molecule has 21 heavy (non-hydrogen) atoms. The average molecular weight is 284 g/mol. The summed E-state index contributed by atoms with van der Waals surface area (Å²) in [6, 6.07) is 6.44. The lowest BCUT2D eigenvalue weighted by atomic mass is 9.68. The van der Waals surface area contributed by atoms with Gasteiger partial charge < -0.3 is 0 Å². The third-order valence-electron chi connectivity index (χ3n) is 5.71.